The molecule has 0 radical (unpaired) electrons. The average Bonchev–Trinajstić information content (AvgIpc) is 2.78. The molecule has 0 bridgehead atoms. The van der Waals surface area contributed by atoms with Gasteiger partial charge in [0.25, 0.3) is 0 Å². The van der Waals surface area contributed by atoms with E-state index in [1.165, 1.54) is 27.4 Å². The third kappa shape index (κ3) is 7.44. The SMILES string of the molecule is COP(=O)(OC)O/C(=C\Cl)c1ccc(Cl)cc1Cl.COP1(=S)OCc2ccccc2O1. The summed E-state index contributed by atoms with van der Waals surface area (Å²) in [4.78, 5) is 0. The summed E-state index contributed by atoms with van der Waals surface area (Å²) in [7, 11) is 0.201. The second kappa shape index (κ2) is 12.0. The van der Waals surface area contributed by atoms with E-state index in [0.717, 1.165) is 16.8 Å². The molecule has 1 atom stereocenters. The lowest BCUT2D eigenvalue weighted by Crippen LogP contribution is -2.07. The van der Waals surface area contributed by atoms with E-state index < -0.39 is 14.5 Å². The maximum Gasteiger partial charge on any atom is 0.529 e. The van der Waals surface area contributed by atoms with Crippen molar-refractivity contribution in [2.45, 2.75) is 6.61 Å². The van der Waals surface area contributed by atoms with Crippen molar-refractivity contribution in [1.82, 2.24) is 0 Å². The van der Waals surface area contributed by atoms with Crippen LogP contribution in [0.2, 0.25) is 10.0 Å². The monoisotopic (exact) mass is 546 g/mol. The molecule has 0 N–H and O–H groups in total. The molecule has 0 spiro atoms. The van der Waals surface area contributed by atoms with E-state index in [1.807, 2.05) is 24.3 Å². The van der Waals surface area contributed by atoms with Crippen LogP contribution < -0.4 is 4.52 Å². The van der Waals surface area contributed by atoms with Gasteiger partial charge in [-0.05, 0) is 24.3 Å². The van der Waals surface area contributed by atoms with Crippen LogP contribution in [0.5, 0.6) is 5.75 Å². The second-order valence-corrected chi connectivity index (χ2v) is 11.5. The first-order chi connectivity index (χ1) is 14.7. The number of fused-ring (bicyclic) bond motifs is 1. The lowest BCUT2D eigenvalue weighted by molar-refractivity contribution is 0.201. The molecular weight excluding hydrogens is 529 g/mol. The van der Waals surface area contributed by atoms with Crippen molar-refractivity contribution >= 4 is 66.9 Å². The number of rotatable bonds is 6. The van der Waals surface area contributed by atoms with Crippen molar-refractivity contribution in [3.63, 3.8) is 0 Å². The minimum absolute atomic E-state index is 0.0605. The number of hydrogen-bond donors (Lipinski definition) is 0. The summed E-state index contributed by atoms with van der Waals surface area (Å²) in [6.45, 7) is -2.02. The zero-order valence-electron chi connectivity index (χ0n) is 16.6. The maximum absolute atomic E-state index is 11.8. The van der Waals surface area contributed by atoms with E-state index in [1.54, 1.807) is 12.1 Å². The van der Waals surface area contributed by atoms with E-state index in [9.17, 15) is 4.57 Å². The van der Waals surface area contributed by atoms with E-state index in [-0.39, 0.29) is 5.76 Å². The van der Waals surface area contributed by atoms with Gasteiger partial charge in [-0.1, -0.05) is 53.0 Å². The fourth-order valence-corrected chi connectivity index (χ4v) is 4.95. The predicted molar refractivity (Wildman–Crippen MR) is 126 cm³/mol. The molecule has 1 aliphatic heterocycles. The standard InChI is InChI=1S/C10H10Cl3O4P.C8H9O3PS/c1-15-18(14,16-2)17-10(6-11)8-4-3-7(12)5-9(8)13;1-9-12(13)10-6-7-4-2-3-5-8(7)11-12/h3-6H,1-2H3;2-5H,6H2,1H3/b10-6-;. The van der Waals surface area contributed by atoms with Gasteiger partial charge in [0.05, 0.1) is 11.6 Å². The van der Waals surface area contributed by atoms with Crippen LogP contribution in [0, 0.1) is 0 Å². The molecule has 0 aliphatic carbocycles. The van der Waals surface area contributed by atoms with E-state index in [2.05, 4.69) is 9.05 Å². The molecule has 0 fully saturated rings. The second-order valence-electron chi connectivity index (χ2n) is 5.60. The third-order valence-electron chi connectivity index (χ3n) is 3.74. The highest BCUT2D eigenvalue weighted by Crippen LogP contribution is 2.54. The molecule has 7 nitrogen and oxygen atoms in total. The summed E-state index contributed by atoms with van der Waals surface area (Å²) in [6, 6.07) is 12.3. The predicted octanol–water partition coefficient (Wildman–Crippen LogP) is 7.41. The molecule has 2 aromatic carbocycles. The van der Waals surface area contributed by atoms with Crippen molar-refractivity contribution in [2.75, 3.05) is 21.3 Å². The molecule has 0 saturated carbocycles. The van der Waals surface area contributed by atoms with Gasteiger partial charge in [0, 0.05) is 54.8 Å². The van der Waals surface area contributed by atoms with Crippen molar-refractivity contribution in [3.05, 3.63) is 69.2 Å². The highest BCUT2D eigenvalue weighted by molar-refractivity contribution is 8.07. The van der Waals surface area contributed by atoms with Crippen LogP contribution in [0.4, 0.5) is 0 Å². The number of benzene rings is 2. The van der Waals surface area contributed by atoms with Crippen molar-refractivity contribution in [3.8, 4) is 5.75 Å². The largest absolute Gasteiger partial charge is 0.529 e. The Labute approximate surface area is 201 Å². The van der Waals surface area contributed by atoms with Crippen LogP contribution >= 0.6 is 49.3 Å². The van der Waals surface area contributed by atoms with Gasteiger partial charge >= 0.3 is 14.5 Å². The van der Waals surface area contributed by atoms with Crippen LogP contribution in [-0.2, 0) is 45.6 Å². The molecule has 1 unspecified atom stereocenters. The highest BCUT2D eigenvalue weighted by Gasteiger charge is 2.28. The van der Waals surface area contributed by atoms with E-state index >= 15 is 0 Å². The first kappa shape index (κ1) is 26.6. The molecule has 170 valence electrons. The molecule has 1 heterocycles. The van der Waals surface area contributed by atoms with Gasteiger partial charge in [0.2, 0.25) is 0 Å². The number of phosphoric acid groups is 1. The lowest BCUT2D eigenvalue weighted by Gasteiger charge is -2.26. The summed E-state index contributed by atoms with van der Waals surface area (Å²) in [5.41, 5.74) is 2.52. The van der Waals surface area contributed by atoms with Crippen molar-refractivity contribution in [1.29, 1.82) is 0 Å². The van der Waals surface area contributed by atoms with Crippen LogP contribution in [0.1, 0.15) is 11.1 Å². The van der Waals surface area contributed by atoms with Gasteiger partial charge in [-0.2, -0.15) is 0 Å². The van der Waals surface area contributed by atoms with Crippen molar-refractivity contribution in [2.24, 2.45) is 0 Å². The summed E-state index contributed by atoms with van der Waals surface area (Å²) < 4.78 is 42.0. The number of para-hydroxylation sites is 1. The number of phosphoric ester groups is 1. The number of halogens is 3. The Morgan fingerprint density at radius 1 is 1.16 bits per heavy atom. The van der Waals surface area contributed by atoms with Crippen LogP contribution in [0.25, 0.3) is 5.76 Å². The Hall–Kier alpha value is -0.630. The maximum atomic E-state index is 11.8. The molecular formula is C18H19Cl3O7P2S. The molecule has 13 heteroatoms. The first-order valence-corrected chi connectivity index (χ1v) is 13.6. The Morgan fingerprint density at radius 3 is 2.42 bits per heavy atom. The molecule has 2 aromatic rings. The molecule has 3 rings (SSSR count). The Bertz CT molecular complexity index is 1030. The first-order valence-electron chi connectivity index (χ1n) is 8.44. The zero-order valence-corrected chi connectivity index (χ0v) is 21.5. The van der Waals surface area contributed by atoms with Crippen LogP contribution in [0.15, 0.2) is 48.0 Å². The molecule has 0 amide bonds. The average molecular weight is 548 g/mol. The van der Waals surface area contributed by atoms with Gasteiger partial charge in [-0.25, -0.2) is 4.57 Å². The topological polar surface area (TPSA) is 72.5 Å². The van der Waals surface area contributed by atoms with E-state index in [0.29, 0.717) is 22.2 Å². The Kier molecular flexibility index (Phi) is 10.3. The summed E-state index contributed by atoms with van der Waals surface area (Å²) >= 11 is 22.5. The zero-order chi connectivity index (χ0) is 23.1. The van der Waals surface area contributed by atoms with Gasteiger partial charge in [0.15, 0.2) is 5.76 Å². The Balaban J connectivity index is 0.000000231. The van der Waals surface area contributed by atoms with Crippen LogP contribution in [-0.4, -0.2) is 21.3 Å². The molecule has 0 saturated heterocycles. The summed E-state index contributed by atoms with van der Waals surface area (Å²) in [5.74, 6) is 0.837. The Morgan fingerprint density at radius 2 is 1.84 bits per heavy atom. The number of hydrogen-bond acceptors (Lipinski definition) is 8. The van der Waals surface area contributed by atoms with Crippen molar-refractivity contribution < 1.29 is 31.7 Å². The third-order valence-corrected chi connectivity index (χ3v) is 8.10. The van der Waals surface area contributed by atoms with Gasteiger partial charge < -0.3 is 13.6 Å². The fourth-order valence-electron chi connectivity index (χ4n) is 2.18. The van der Waals surface area contributed by atoms with Crippen LogP contribution in [0.3, 0.4) is 0 Å². The molecule has 1 aliphatic rings. The van der Waals surface area contributed by atoms with Gasteiger partial charge in [0.1, 0.15) is 5.75 Å². The highest BCUT2D eigenvalue weighted by atomic mass is 35.5. The minimum atomic E-state index is -3.70. The fraction of sp³-hybridized carbons (Fsp3) is 0.222. The van der Waals surface area contributed by atoms with Gasteiger partial charge in [-0.15, -0.1) is 0 Å². The minimum Gasteiger partial charge on any atom is -0.424 e. The quantitative estimate of drug-likeness (QED) is 0.273. The summed E-state index contributed by atoms with van der Waals surface area (Å²) in [6.07, 6.45) is 0. The normalized spacial score (nSPS) is 18.3. The van der Waals surface area contributed by atoms with E-state index in [4.69, 9.17) is 64.7 Å². The smallest absolute Gasteiger partial charge is 0.424 e. The summed E-state index contributed by atoms with van der Waals surface area (Å²) in [5, 5.41) is 0.757. The molecule has 31 heavy (non-hydrogen) atoms. The molecule has 0 aromatic heterocycles. The van der Waals surface area contributed by atoms with Gasteiger partial charge in [-0.3, -0.25) is 13.6 Å². The lowest BCUT2D eigenvalue weighted by atomic mass is 10.2.